The Bertz CT molecular complexity index is 1480. The van der Waals surface area contributed by atoms with Crippen LogP contribution in [-0.2, 0) is 27.9 Å². The Balaban J connectivity index is 1.49. The number of rotatable bonds is 9. The van der Waals surface area contributed by atoms with Gasteiger partial charge in [-0.15, -0.1) is 0 Å². The Kier molecular flexibility index (Phi) is 7.30. The molecule has 8 nitrogen and oxygen atoms in total. The SMILES string of the molecule is CCOC(=O)c1ccc2c(c1)nc(COc1ccc(N(C)S(=O)(=O)c3ccc(C)cc3)cc1)n2CC. The van der Waals surface area contributed by atoms with Crippen LogP contribution in [0, 0.1) is 6.92 Å². The predicted molar refractivity (Wildman–Crippen MR) is 139 cm³/mol. The number of aryl methyl sites for hydroxylation is 2. The molecule has 0 N–H and O–H groups in total. The maximum Gasteiger partial charge on any atom is 0.338 e. The van der Waals surface area contributed by atoms with Crippen LogP contribution in [-0.4, -0.2) is 37.6 Å². The van der Waals surface area contributed by atoms with Gasteiger partial charge in [0, 0.05) is 13.6 Å². The first-order valence-electron chi connectivity index (χ1n) is 11.7. The minimum Gasteiger partial charge on any atom is -0.486 e. The molecule has 188 valence electrons. The second-order valence-electron chi connectivity index (χ2n) is 8.26. The number of sulfonamides is 1. The number of esters is 1. The van der Waals surface area contributed by atoms with Gasteiger partial charge in [0.1, 0.15) is 18.2 Å². The molecule has 0 aliphatic rings. The summed E-state index contributed by atoms with van der Waals surface area (Å²) < 4.78 is 40.2. The van der Waals surface area contributed by atoms with Crippen molar-refractivity contribution in [2.24, 2.45) is 0 Å². The van der Waals surface area contributed by atoms with E-state index in [9.17, 15) is 13.2 Å². The van der Waals surface area contributed by atoms with Crippen LogP contribution in [0.1, 0.15) is 35.6 Å². The molecule has 3 aromatic carbocycles. The number of hydrogen-bond acceptors (Lipinski definition) is 6. The normalized spacial score (nSPS) is 11.4. The summed E-state index contributed by atoms with van der Waals surface area (Å²) in [5, 5.41) is 0. The molecule has 0 spiro atoms. The van der Waals surface area contributed by atoms with Crippen molar-refractivity contribution in [3.8, 4) is 5.75 Å². The average Bonchev–Trinajstić information content (AvgIpc) is 3.24. The van der Waals surface area contributed by atoms with Gasteiger partial charge in [0.05, 0.1) is 33.8 Å². The molecule has 1 aromatic heterocycles. The average molecular weight is 508 g/mol. The summed E-state index contributed by atoms with van der Waals surface area (Å²) in [6.07, 6.45) is 0. The molecule has 0 aliphatic heterocycles. The smallest absolute Gasteiger partial charge is 0.338 e. The van der Waals surface area contributed by atoms with Gasteiger partial charge in [-0.1, -0.05) is 17.7 Å². The number of ether oxygens (including phenoxy) is 2. The Morgan fingerprint density at radius 1 is 1.00 bits per heavy atom. The van der Waals surface area contributed by atoms with E-state index >= 15 is 0 Å². The van der Waals surface area contributed by atoms with Crippen LogP contribution in [0.5, 0.6) is 5.75 Å². The van der Waals surface area contributed by atoms with Gasteiger partial charge < -0.3 is 14.0 Å². The van der Waals surface area contributed by atoms with E-state index in [1.807, 2.05) is 24.5 Å². The lowest BCUT2D eigenvalue weighted by Gasteiger charge is -2.20. The summed E-state index contributed by atoms with van der Waals surface area (Å²) >= 11 is 0. The second-order valence-corrected chi connectivity index (χ2v) is 10.2. The molecular weight excluding hydrogens is 478 g/mol. The molecule has 1 heterocycles. The van der Waals surface area contributed by atoms with Crippen LogP contribution in [0.15, 0.2) is 71.6 Å². The molecule has 0 aliphatic carbocycles. The molecule has 0 atom stereocenters. The van der Waals surface area contributed by atoms with Crippen molar-refractivity contribution in [1.82, 2.24) is 9.55 Å². The maximum atomic E-state index is 13.0. The van der Waals surface area contributed by atoms with Gasteiger partial charge in [0.15, 0.2) is 0 Å². The van der Waals surface area contributed by atoms with Crippen molar-refractivity contribution >= 4 is 32.7 Å². The van der Waals surface area contributed by atoms with Gasteiger partial charge in [0.2, 0.25) is 0 Å². The van der Waals surface area contributed by atoms with Crippen molar-refractivity contribution in [3.63, 3.8) is 0 Å². The van der Waals surface area contributed by atoms with Gasteiger partial charge in [-0.05, 0) is 75.4 Å². The first-order valence-corrected chi connectivity index (χ1v) is 13.1. The monoisotopic (exact) mass is 507 g/mol. The summed E-state index contributed by atoms with van der Waals surface area (Å²) in [5.74, 6) is 0.927. The van der Waals surface area contributed by atoms with Gasteiger partial charge >= 0.3 is 5.97 Å². The Hall–Kier alpha value is -3.85. The van der Waals surface area contributed by atoms with Crippen molar-refractivity contribution in [2.75, 3.05) is 18.0 Å². The molecule has 36 heavy (non-hydrogen) atoms. The number of nitrogens with zero attached hydrogens (tertiary/aromatic N) is 3. The topological polar surface area (TPSA) is 90.7 Å². The number of fused-ring (bicyclic) bond motifs is 1. The van der Waals surface area contributed by atoms with Gasteiger partial charge in [0.25, 0.3) is 10.0 Å². The summed E-state index contributed by atoms with van der Waals surface area (Å²) in [7, 11) is -2.14. The van der Waals surface area contributed by atoms with Crippen LogP contribution in [0.2, 0.25) is 0 Å². The maximum absolute atomic E-state index is 13.0. The number of aromatic nitrogens is 2. The molecule has 9 heteroatoms. The van der Waals surface area contributed by atoms with E-state index in [0.29, 0.717) is 35.7 Å². The predicted octanol–water partition coefficient (Wildman–Crippen LogP) is 4.95. The number of carbonyl (C=O) groups is 1. The largest absolute Gasteiger partial charge is 0.486 e. The third-order valence-corrected chi connectivity index (χ3v) is 7.70. The van der Waals surface area contributed by atoms with Gasteiger partial charge in [-0.2, -0.15) is 0 Å². The van der Waals surface area contributed by atoms with Crippen LogP contribution in [0.4, 0.5) is 5.69 Å². The van der Waals surface area contributed by atoms with E-state index < -0.39 is 10.0 Å². The van der Waals surface area contributed by atoms with E-state index in [-0.39, 0.29) is 17.5 Å². The number of anilines is 1. The number of carbonyl (C=O) groups excluding carboxylic acids is 1. The molecule has 0 bridgehead atoms. The van der Waals surface area contributed by atoms with E-state index in [0.717, 1.165) is 16.9 Å². The standard InChI is InChI=1S/C27H29N3O5S/c1-5-30-25-16-9-20(27(31)34-6-2)17-24(25)28-26(30)18-35-22-12-10-21(11-13-22)29(4)36(32,33)23-14-7-19(3)8-15-23/h7-17H,5-6,18H2,1-4H3. The summed E-state index contributed by atoms with van der Waals surface area (Å²) in [5.41, 5.74) is 3.57. The summed E-state index contributed by atoms with van der Waals surface area (Å²) in [6.45, 7) is 6.91. The van der Waals surface area contributed by atoms with Crippen LogP contribution in [0.3, 0.4) is 0 Å². The molecule has 0 amide bonds. The molecule has 4 rings (SSSR count). The molecule has 0 fully saturated rings. The highest BCUT2D eigenvalue weighted by atomic mass is 32.2. The zero-order valence-corrected chi connectivity index (χ0v) is 21.6. The van der Waals surface area contributed by atoms with Crippen LogP contribution < -0.4 is 9.04 Å². The fraction of sp³-hybridized carbons (Fsp3) is 0.259. The van der Waals surface area contributed by atoms with E-state index in [1.165, 1.54) is 11.4 Å². The summed E-state index contributed by atoms with van der Waals surface area (Å²) in [4.78, 5) is 17.0. The van der Waals surface area contributed by atoms with Crippen LogP contribution in [0.25, 0.3) is 11.0 Å². The lowest BCUT2D eigenvalue weighted by atomic mass is 10.2. The van der Waals surface area contributed by atoms with Gasteiger partial charge in [-0.3, -0.25) is 4.31 Å². The molecule has 0 saturated carbocycles. The highest BCUT2D eigenvalue weighted by Crippen LogP contribution is 2.26. The molecule has 0 saturated heterocycles. The lowest BCUT2D eigenvalue weighted by Crippen LogP contribution is -2.26. The van der Waals surface area contributed by atoms with E-state index in [4.69, 9.17) is 9.47 Å². The quantitative estimate of drug-likeness (QED) is 0.298. The fourth-order valence-electron chi connectivity index (χ4n) is 3.89. The Labute approximate surface area is 211 Å². The second kappa shape index (κ2) is 10.4. The van der Waals surface area contributed by atoms with Crippen LogP contribution >= 0.6 is 0 Å². The van der Waals surface area contributed by atoms with E-state index in [1.54, 1.807) is 67.6 Å². The van der Waals surface area contributed by atoms with Gasteiger partial charge in [-0.25, -0.2) is 18.2 Å². The third kappa shape index (κ3) is 5.06. The van der Waals surface area contributed by atoms with Crippen molar-refractivity contribution in [1.29, 1.82) is 0 Å². The molecular formula is C27H29N3O5S. The fourth-order valence-corrected chi connectivity index (χ4v) is 5.09. The zero-order valence-electron chi connectivity index (χ0n) is 20.8. The Morgan fingerprint density at radius 3 is 2.33 bits per heavy atom. The highest BCUT2D eigenvalue weighted by molar-refractivity contribution is 7.92. The summed E-state index contributed by atoms with van der Waals surface area (Å²) in [6, 6.07) is 19.0. The van der Waals surface area contributed by atoms with Crippen molar-refractivity contribution < 1.29 is 22.7 Å². The number of imidazole rings is 1. The minimum atomic E-state index is -3.67. The molecule has 4 aromatic rings. The Morgan fingerprint density at radius 2 is 1.69 bits per heavy atom. The molecule has 0 unspecified atom stereocenters. The first-order chi connectivity index (χ1) is 17.2. The number of hydrogen-bond donors (Lipinski definition) is 0. The van der Waals surface area contributed by atoms with Crippen molar-refractivity contribution in [3.05, 3.63) is 83.7 Å². The minimum absolute atomic E-state index is 0.216. The third-order valence-electron chi connectivity index (χ3n) is 5.90. The van der Waals surface area contributed by atoms with E-state index in [2.05, 4.69) is 4.98 Å². The highest BCUT2D eigenvalue weighted by Gasteiger charge is 2.21. The number of benzene rings is 3. The first kappa shape index (κ1) is 25.2. The van der Waals surface area contributed by atoms with Crippen molar-refractivity contribution in [2.45, 2.75) is 38.8 Å². The molecule has 0 radical (unpaired) electrons. The lowest BCUT2D eigenvalue weighted by molar-refractivity contribution is 0.0526. The zero-order chi connectivity index (χ0) is 25.9.